The minimum Gasteiger partial charge on any atom is -0.336 e. The summed E-state index contributed by atoms with van der Waals surface area (Å²) in [5.41, 5.74) is 1.83. The molecule has 0 aromatic carbocycles. The van der Waals surface area contributed by atoms with E-state index >= 15 is 0 Å². The van der Waals surface area contributed by atoms with Crippen molar-refractivity contribution >= 4 is 22.9 Å². The van der Waals surface area contributed by atoms with E-state index in [2.05, 4.69) is 15.2 Å². The number of piperidine rings is 1. The Morgan fingerprint density at radius 3 is 3.00 bits per heavy atom. The third-order valence-electron chi connectivity index (χ3n) is 4.87. The Hall–Kier alpha value is -2.28. The molecule has 4 heterocycles. The van der Waals surface area contributed by atoms with Crippen LogP contribution in [-0.4, -0.2) is 43.5 Å². The van der Waals surface area contributed by atoms with E-state index in [4.69, 9.17) is 0 Å². The summed E-state index contributed by atoms with van der Waals surface area (Å²) < 4.78 is 2.04. The molecule has 6 nitrogen and oxygen atoms in total. The first kappa shape index (κ1) is 16.2. The maximum Gasteiger partial charge on any atom is 0.282 e. The Morgan fingerprint density at radius 2 is 2.20 bits per heavy atom. The summed E-state index contributed by atoms with van der Waals surface area (Å²) in [5.74, 6) is 1.44. The highest BCUT2D eigenvalue weighted by Crippen LogP contribution is 2.24. The highest BCUT2D eigenvalue weighted by Gasteiger charge is 2.27. The number of hydrogen-bond acceptors (Lipinski definition) is 5. The van der Waals surface area contributed by atoms with Crippen LogP contribution >= 0.6 is 11.3 Å². The number of aryl methyl sites for hydroxylation is 2. The van der Waals surface area contributed by atoms with Crippen LogP contribution in [0.1, 0.15) is 39.0 Å². The molecule has 4 rings (SSSR count). The van der Waals surface area contributed by atoms with Gasteiger partial charge in [0.2, 0.25) is 0 Å². The summed E-state index contributed by atoms with van der Waals surface area (Å²) in [6, 6.07) is 5.91. The second kappa shape index (κ2) is 6.55. The molecule has 1 atom stereocenters. The number of thiazole rings is 1. The lowest BCUT2D eigenvalue weighted by Gasteiger charge is -2.32. The molecule has 3 aromatic heterocycles. The predicted octanol–water partition coefficient (Wildman–Crippen LogP) is 2.90. The third-order valence-corrected chi connectivity index (χ3v) is 5.93. The van der Waals surface area contributed by atoms with Crippen LogP contribution in [0.25, 0.3) is 5.65 Å². The van der Waals surface area contributed by atoms with Crippen molar-refractivity contribution in [1.29, 1.82) is 0 Å². The molecule has 0 aliphatic carbocycles. The summed E-state index contributed by atoms with van der Waals surface area (Å²) in [6.45, 7) is 5.54. The van der Waals surface area contributed by atoms with Crippen LogP contribution in [0.4, 0.5) is 0 Å². The van der Waals surface area contributed by atoms with E-state index in [1.807, 2.05) is 47.5 Å². The summed E-state index contributed by atoms with van der Waals surface area (Å²) in [7, 11) is 0. The average Bonchev–Trinajstić information content (AvgIpc) is 3.18. The van der Waals surface area contributed by atoms with Crippen molar-refractivity contribution in [2.24, 2.45) is 5.92 Å². The fraction of sp³-hybridized carbons (Fsp3) is 0.444. The molecule has 1 aliphatic heterocycles. The molecule has 0 radical (unpaired) electrons. The normalized spacial score (nSPS) is 18.0. The van der Waals surface area contributed by atoms with Crippen LogP contribution in [0.15, 0.2) is 24.4 Å². The highest BCUT2D eigenvalue weighted by molar-refractivity contribution is 7.13. The molecule has 0 bridgehead atoms. The van der Waals surface area contributed by atoms with E-state index in [0.717, 1.165) is 54.4 Å². The average molecular weight is 355 g/mol. The second-order valence-corrected chi connectivity index (χ2v) is 7.87. The van der Waals surface area contributed by atoms with Gasteiger partial charge in [0.05, 0.1) is 5.69 Å². The molecule has 1 amide bonds. The van der Waals surface area contributed by atoms with Crippen LogP contribution in [0.3, 0.4) is 0 Å². The zero-order chi connectivity index (χ0) is 17.4. The van der Waals surface area contributed by atoms with Gasteiger partial charge in [-0.25, -0.2) is 4.98 Å². The van der Waals surface area contributed by atoms with Crippen LogP contribution in [-0.2, 0) is 6.42 Å². The molecule has 25 heavy (non-hydrogen) atoms. The smallest absolute Gasteiger partial charge is 0.282 e. The molecular weight excluding hydrogens is 334 g/mol. The van der Waals surface area contributed by atoms with Gasteiger partial charge in [0.15, 0.2) is 10.7 Å². The molecule has 0 N–H and O–H groups in total. The van der Waals surface area contributed by atoms with Crippen molar-refractivity contribution in [2.45, 2.75) is 33.1 Å². The molecular formula is C18H21N5OS. The van der Waals surface area contributed by atoms with E-state index in [-0.39, 0.29) is 5.91 Å². The van der Waals surface area contributed by atoms with Crippen LogP contribution in [0, 0.1) is 19.8 Å². The highest BCUT2D eigenvalue weighted by atomic mass is 32.1. The van der Waals surface area contributed by atoms with Crippen molar-refractivity contribution in [3.05, 3.63) is 45.8 Å². The summed E-state index contributed by atoms with van der Waals surface area (Å²) in [5, 5.41) is 9.17. The fourth-order valence-electron chi connectivity index (χ4n) is 3.40. The van der Waals surface area contributed by atoms with Gasteiger partial charge in [0.25, 0.3) is 5.91 Å². The second-order valence-electron chi connectivity index (χ2n) is 6.67. The molecule has 1 fully saturated rings. The van der Waals surface area contributed by atoms with E-state index < -0.39 is 0 Å². The molecule has 1 aliphatic rings. The van der Waals surface area contributed by atoms with Gasteiger partial charge in [-0.2, -0.15) is 0 Å². The quantitative estimate of drug-likeness (QED) is 0.725. The van der Waals surface area contributed by atoms with Crippen molar-refractivity contribution in [3.8, 4) is 0 Å². The zero-order valence-corrected chi connectivity index (χ0v) is 15.3. The first-order valence-electron chi connectivity index (χ1n) is 8.64. The molecule has 130 valence electrons. The van der Waals surface area contributed by atoms with Crippen LogP contribution in [0.5, 0.6) is 0 Å². The molecule has 0 spiro atoms. The van der Waals surface area contributed by atoms with Gasteiger partial charge in [-0.05, 0) is 44.7 Å². The van der Waals surface area contributed by atoms with Crippen LogP contribution < -0.4 is 0 Å². The predicted molar refractivity (Wildman–Crippen MR) is 96.9 cm³/mol. The van der Waals surface area contributed by atoms with Gasteiger partial charge in [-0.15, -0.1) is 21.5 Å². The van der Waals surface area contributed by atoms with Crippen LogP contribution in [0.2, 0.25) is 0 Å². The topological polar surface area (TPSA) is 63.4 Å². The SMILES string of the molecule is Cc1nc(C(=O)N2CCCC(Cc3nnc4ccccn34)C2)sc1C. The standard InChI is InChI=1S/C18H21N5OS/c1-12-13(2)25-17(19-12)18(24)22-8-5-6-14(11-22)10-16-21-20-15-7-3-4-9-23(15)16/h3-4,7,9,14H,5-6,8,10-11H2,1-2H3. The van der Waals surface area contributed by atoms with E-state index in [9.17, 15) is 4.79 Å². The van der Waals surface area contributed by atoms with Crippen molar-refractivity contribution in [3.63, 3.8) is 0 Å². The number of amides is 1. The first-order valence-corrected chi connectivity index (χ1v) is 9.45. The fourth-order valence-corrected chi connectivity index (χ4v) is 4.29. The molecule has 1 unspecified atom stereocenters. The molecule has 3 aromatic rings. The lowest BCUT2D eigenvalue weighted by molar-refractivity contribution is 0.0671. The Kier molecular flexibility index (Phi) is 4.25. The number of hydrogen-bond donors (Lipinski definition) is 0. The molecule has 0 saturated carbocycles. The van der Waals surface area contributed by atoms with Gasteiger partial charge in [-0.1, -0.05) is 6.07 Å². The summed E-state index contributed by atoms with van der Waals surface area (Å²) >= 11 is 1.50. The largest absolute Gasteiger partial charge is 0.336 e. The lowest BCUT2D eigenvalue weighted by Crippen LogP contribution is -2.40. The van der Waals surface area contributed by atoms with Gasteiger partial charge in [0, 0.05) is 30.6 Å². The maximum absolute atomic E-state index is 12.8. The van der Waals surface area contributed by atoms with Gasteiger partial charge >= 0.3 is 0 Å². The molecule has 7 heteroatoms. The van der Waals surface area contributed by atoms with Gasteiger partial charge in [0.1, 0.15) is 5.82 Å². The Bertz CT molecular complexity index is 896. The third kappa shape index (κ3) is 3.16. The number of rotatable bonds is 3. The minimum absolute atomic E-state index is 0.0667. The number of carbonyl (C=O) groups is 1. The Labute approximate surface area is 150 Å². The number of carbonyl (C=O) groups excluding carboxylic acids is 1. The number of likely N-dealkylation sites (tertiary alicyclic amines) is 1. The minimum atomic E-state index is 0.0667. The number of nitrogens with zero attached hydrogens (tertiary/aromatic N) is 5. The number of fused-ring (bicyclic) bond motifs is 1. The van der Waals surface area contributed by atoms with Crippen molar-refractivity contribution in [1.82, 2.24) is 24.5 Å². The zero-order valence-electron chi connectivity index (χ0n) is 14.5. The van der Waals surface area contributed by atoms with E-state index in [1.54, 1.807) is 0 Å². The van der Waals surface area contributed by atoms with Crippen molar-refractivity contribution in [2.75, 3.05) is 13.1 Å². The first-order chi connectivity index (χ1) is 12.1. The van der Waals surface area contributed by atoms with Crippen molar-refractivity contribution < 1.29 is 4.79 Å². The van der Waals surface area contributed by atoms with E-state index in [0.29, 0.717) is 10.9 Å². The van der Waals surface area contributed by atoms with E-state index in [1.165, 1.54) is 11.3 Å². The Morgan fingerprint density at radius 1 is 1.32 bits per heavy atom. The number of aromatic nitrogens is 4. The monoisotopic (exact) mass is 355 g/mol. The lowest BCUT2D eigenvalue weighted by atomic mass is 9.94. The summed E-state index contributed by atoms with van der Waals surface area (Å²) in [4.78, 5) is 20.3. The summed E-state index contributed by atoms with van der Waals surface area (Å²) in [6.07, 6.45) is 4.97. The van der Waals surface area contributed by atoms with Gasteiger partial charge < -0.3 is 4.90 Å². The maximum atomic E-state index is 12.8. The van der Waals surface area contributed by atoms with Gasteiger partial charge in [-0.3, -0.25) is 9.20 Å². The molecule has 1 saturated heterocycles. The Balaban J connectivity index is 1.48. The number of pyridine rings is 1.